The number of rotatable bonds is 5. The number of nitrogens with one attached hydrogen (secondary N) is 1. The van der Waals surface area contributed by atoms with Gasteiger partial charge in [-0.25, -0.2) is 17.9 Å². The maximum atomic E-state index is 12.4. The molecule has 124 valence electrons. The van der Waals surface area contributed by atoms with Crippen LogP contribution in [0.5, 0.6) is 5.75 Å². The van der Waals surface area contributed by atoms with Crippen LogP contribution in [0.2, 0.25) is 5.02 Å². The van der Waals surface area contributed by atoms with Crippen molar-refractivity contribution in [2.24, 2.45) is 0 Å². The van der Waals surface area contributed by atoms with Gasteiger partial charge in [0.2, 0.25) is 10.0 Å². The largest absolute Gasteiger partial charge is 0.493 e. The van der Waals surface area contributed by atoms with E-state index in [2.05, 4.69) is 9.46 Å². The number of benzene rings is 1. The fourth-order valence-corrected chi connectivity index (χ4v) is 3.71. The van der Waals surface area contributed by atoms with Crippen LogP contribution in [-0.4, -0.2) is 33.6 Å². The zero-order chi connectivity index (χ0) is 17.1. The lowest BCUT2D eigenvalue weighted by molar-refractivity contribution is 0.0596. The zero-order valence-corrected chi connectivity index (χ0v) is 14.8. The first-order valence-corrected chi connectivity index (χ1v) is 8.46. The van der Waals surface area contributed by atoms with E-state index in [9.17, 15) is 13.2 Å². The number of halogens is 1. The molecule has 0 fully saturated rings. The van der Waals surface area contributed by atoms with Crippen LogP contribution in [0.4, 0.5) is 0 Å². The predicted octanol–water partition coefficient (Wildman–Crippen LogP) is 2.60. The minimum Gasteiger partial charge on any atom is -0.493 e. The van der Waals surface area contributed by atoms with E-state index in [0.29, 0.717) is 6.61 Å². The van der Waals surface area contributed by atoms with Crippen molar-refractivity contribution in [2.75, 3.05) is 13.7 Å². The van der Waals surface area contributed by atoms with E-state index in [1.165, 1.54) is 13.2 Å². The normalized spacial score (nSPS) is 12.1. The van der Waals surface area contributed by atoms with Gasteiger partial charge in [-0.2, -0.15) is 0 Å². The van der Waals surface area contributed by atoms with Gasteiger partial charge in [-0.05, 0) is 33.8 Å². The van der Waals surface area contributed by atoms with Crippen LogP contribution in [0.25, 0.3) is 0 Å². The Bertz CT molecular complexity index is 665. The number of methoxy groups -OCH3 is 1. The second kappa shape index (κ2) is 6.85. The van der Waals surface area contributed by atoms with Gasteiger partial charge >= 0.3 is 5.97 Å². The van der Waals surface area contributed by atoms with Crippen LogP contribution in [0, 0.1) is 0 Å². The second-order valence-corrected chi connectivity index (χ2v) is 7.62. The SMILES string of the molecule is CCOc1cc(Cl)c(S(=O)(=O)NC(C)(C)C)cc1C(=O)OC. The van der Waals surface area contributed by atoms with Crippen molar-refractivity contribution in [3.63, 3.8) is 0 Å². The van der Waals surface area contributed by atoms with E-state index in [4.69, 9.17) is 16.3 Å². The Morgan fingerprint density at radius 2 is 1.91 bits per heavy atom. The molecule has 1 aromatic carbocycles. The van der Waals surface area contributed by atoms with Crippen molar-refractivity contribution in [2.45, 2.75) is 38.1 Å². The highest BCUT2D eigenvalue weighted by atomic mass is 35.5. The number of esters is 1. The fourth-order valence-electron chi connectivity index (χ4n) is 1.74. The van der Waals surface area contributed by atoms with E-state index in [1.807, 2.05) is 0 Å². The minimum absolute atomic E-state index is 0.00281. The van der Waals surface area contributed by atoms with Crippen molar-refractivity contribution in [3.05, 3.63) is 22.7 Å². The highest BCUT2D eigenvalue weighted by molar-refractivity contribution is 7.89. The third kappa shape index (κ3) is 4.59. The number of sulfonamides is 1. The molecule has 0 aliphatic heterocycles. The first-order chi connectivity index (χ1) is 10.0. The maximum absolute atomic E-state index is 12.4. The highest BCUT2D eigenvalue weighted by Crippen LogP contribution is 2.31. The summed E-state index contributed by atoms with van der Waals surface area (Å²) in [6, 6.07) is 2.46. The minimum atomic E-state index is -3.89. The molecule has 0 bridgehead atoms. The lowest BCUT2D eigenvalue weighted by Gasteiger charge is -2.21. The average molecular weight is 350 g/mol. The van der Waals surface area contributed by atoms with Crippen molar-refractivity contribution in [1.29, 1.82) is 0 Å². The molecule has 1 rings (SSSR count). The predicted molar refractivity (Wildman–Crippen MR) is 84.0 cm³/mol. The van der Waals surface area contributed by atoms with E-state index in [-0.39, 0.29) is 21.2 Å². The van der Waals surface area contributed by atoms with Gasteiger partial charge in [0.1, 0.15) is 16.2 Å². The monoisotopic (exact) mass is 349 g/mol. The molecule has 0 heterocycles. The molecule has 0 atom stereocenters. The average Bonchev–Trinajstić information content (AvgIpc) is 2.35. The smallest absolute Gasteiger partial charge is 0.341 e. The lowest BCUT2D eigenvalue weighted by Crippen LogP contribution is -2.40. The molecule has 22 heavy (non-hydrogen) atoms. The molecular weight excluding hydrogens is 330 g/mol. The van der Waals surface area contributed by atoms with Gasteiger partial charge in [-0.15, -0.1) is 0 Å². The van der Waals surface area contributed by atoms with Crippen LogP contribution in [0.1, 0.15) is 38.1 Å². The molecule has 0 saturated heterocycles. The molecule has 0 aliphatic carbocycles. The summed E-state index contributed by atoms with van der Waals surface area (Å²) in [7, 11) is -2.69. The Hall–Kier alpha value is -1.31. The third-order valence-electron chi connectivity index (χ3n) is 2.47. The van der Waals surface area contributed by atoms with Gasteiger partial charge in [-0.1, -0.05) is 11.6 Å². The summed E-state index contributed by atoms with van der Waals surface area (Å²) in [5, 5.41) is -0.0344. The molecule has 1 aromatic rings. The van der Waals surface area contributed by atoms with Crippen molar-refractivity contribution >= 4 is 27.6 Å². The first kappa shape index (κ1) is 18.7. The van der Waals surface area contributed by atoms with Crippen molar-refractivity contribution in [1.82, 2.24) is 4.72 Å². The van der Waals surface area contributed by atoms with Crippen LogP contribution < -0.4 is 9.46 Å². The summed E-state index contributed by atoms with van der Waals surface area (Å²) in [6.07, 6.45) is 0. The molecule has 0 saturated carbocycles. The number of hydrogen-bond acceptors (Lipinski definition) is 5. The van der Waals surface area contributed by atoms with Crippen LogP contribution in [0.3, 0.4) is 0 Å². The van der Waals surface area contributed by atoms with Gasteiger partial charge in [0, 0.05) is 11.6 Å². The molecule has 0 spiro atoms. The number of ether oxygens (including phenoxy) is 2. The molecule has 0 radical (unpaired) electrons. The van der Waals surface area contributed by atoms with E-state index < -0.39 is 21.5 Å². The summed E-state index contributed by atoms with van der Waals surface area (Å²) in [5.41, 5.74) is -0.686. The molecule has 0 aliphatic rings. The first-order valence-electron chi connectivity index (χ1n) is 6.60. The number of carbonyl (C=O) groups excluding carboxylic acids is 1. The van der Waals surface area contributed by atoms with E-state index in [1.54, 1.807) is 27.7 Å². The molecule has 0 unspecified atom stereocenters. The lowest BCUT2D eigenvalue weighted by atomic mass is 10.1. The van der Waals surface area contributed by atoms with Crippen LogP contribution in [0.15, 0.2) is 17.0 Å². The Labute approximate surface area is 135 Å². The standard InChI is InChI=1S/C14H20ClNO5S/c1-6-21-11-8-10(15)12(7-9(11)13(17)20-5)22(18,19)16-14(2,3)4/h7-8,16H,6H2,1-5H3. The quantitative estimate of drug-likeness (QED) is 0.826. The Morgan fingerprint density at radius 3 is 2.36 bits per heavy atom. The van der Waals surface area contributed by atoms with Gasteiger partial charge in [0.05, 0.1) is 18.7 Å². The van der Waals surface area contributed by atoms with Gasteiger partial charge in [0.25, 0.3) is 0 Å². The van der Waals surface area contributed by atoms with E-state index in [0.717, 1.165) is 6.07 Å². The molecule has 6 nitrogen and oxygen atoms in total. The maximum Gasteiger partial charge on any atom is 0.341 e. The molecule has 8 heteroatoms. The summed E-state index contributed by atoms with van der Waals surface area (Å²) in [4.78, 5) is 11.6. The van der Waals surface area contributed by atoms with Crippen LogP contribution in [-0.2, 0) is 14.8 Å². The van der Waals surface area contributed by atoms with Gasteiger partial charge in [0.15, 0.2) is 0 Å². The van der Waals surface area contributed by atoms with Crippen molar-refractivity contribution in [3.8, 4) is 5.75 Å². The molecule has 0 aromatic heterocycles. The van der Waals surface area contributed by atoms with Crippen LogP contribution >= 0.6 is 11.6 Å². The molecule has 1 N–H and O–H groups in total. The summed E-state index contributed by atoms with van der Waals surface area (Å²) in [6.45, 7) is 7.14. The van der Waals surface area contributed by atoms with Crippen molar-refractivity contribution < 1.29 is 22.7 Å². The second-order valence-electron chi connectivity index (χ2n) is 5.56. The van der Waals surface area contributed by atoms with Gasteiger partial charge in [-0.3, -0.25) is 0 Å². The molecular formula is C14H20ClNO5S. The highest BCUT2D eigenvalue weighted by Gasteiger charge is 2.27. The summed E-state index contributed by atoms with van der Waals surface area (Å²) >= 11 is 6.05. The Balaban J connectivity index is 3.47. The Kier molecular flexibility index (Phi) is 5.83. The zero-order valence-electron chi connectivity index (χ0n) is 13.2. The number of carbonyl (C=O) groups is 1. The van der Waals surface area contributed by atoms with E-state index >= 15 is 0 Å². The molecule has 0 amide bonds. The van der Waals surface area contributed by atoms with Gasteiger partial charge < -0.3 is 9.47 Å². The topological polar surface area (TPSA) is 81.7 Å². The third-order valence-corrected chi connectivity index (χ3v) is 4.69. The summed E-state index contributed by atoms with van der Waals surface area (Å²) in [5.74, 6) is -0.526. The number of hydrogen-bond donors (Lipinski definition) is 1. The summed E-state index contributed by atoms with van der Waals surface area (Å²) < 4.78 is 37.3. The fraction of sp³-hybridized carbons (Fsp3) is 0.500. The Morgan fingerprint density at radius 1 is 1.32 bits per heavy atom.